The first-order valence-electron chi connectivity index (χ1n) is 8.86. The van der Waals surface area contributed by atoms with E-state index in [9.17, 15) is 26.7 Å². The molecule has 0 heterocycles. The summed E-state index contributed by atoms with van der Waals surface area (Å²) in [6.07, 6.45) is 0.845. The zero-order chi connectivity index (χ0) is 21.8. The van der Waals surface area contributed by atoms with Crippen molar-refractivity contribution in [2.45, 2.75) is 12.8 Å². The second-order valence-corrected chi connectivity index (χ2v) is 6.44. The van der Waals surface area contributed by atoms with Crippen LogP contribution in [0.5, 0.6) is 5.75 Å². The molecule has 154 valence electrons. The van der Waals surface area contributed by atoms with E-state index in [1.54, 1.807) is 6.08 Å². The van der Waals surface area contributed by atoms with Crippen LogP contribution in [0.1, 0.15) is 27.9 Å². The average molecular weight is 418 g/mol. The van der Waals surface area contributed by atoms with E-state index in [1.165, 1.54) is 24.3 Å². The molecule has 0 saturated carbocycles. The monoisotopic (exact) mass is 418 g/mol. The summed E-state index contributed by atoms with van der Waals surface area (Å²) in [4.78, 5) is 12.3. The Hall–Kier alpha value is -3.48. The van der Waals surface area contributed by atoms with E-state index in [4.69, 9.17) is 4.74 Å². The third-order valence-corrected chi connectivity index (χ3v) is 4.37. The van der Waals surface area contributed by atoms with Gasteiger partial charge in [0, 0.05) is 17.0 Å². The fraction of sp³-hybridized carbons (Fsp3) is 0.0870. The summed E-state index contributed by atoms with van der Waals surface area (Å²) < 4.78 is 72.7. The summed E-state index contributed by atoms with van der Waals surface area (Å²) in [7, 11) is 0. The highest BCUT2D eigenvalue weighted by Crippen LogP contribution is 2.28. The number of carbonyl (C=O) groups is 1. The lowest BCUT2D eigenvalue weighted by molar-refractivity contribution is 0.0725. The van der Waals surface area contributed by atoms with Crippen molar-refractivity contribution in [3.63, 3.8) is 0 Å². The smallest absolute Gasteiger partial charge is 0.349 e. The molecule has 2 nitrogen and oxygen atoms in total. The molecule has 0 fully saturated rings. The van der Waals surface area contributed by atoms with E-state index >= 15 is 0 Å². The van der Waals surface area contributed by atoms with Crippen molar-refractivity contribution in [2.75, 3.05) is 0 Å². The maximum Gasteiger partial charge on any atom is 0.349 e. The Balaban J connectivity index is 1.88. The van der Waals surface area contributed by atoms with Gasteiger partial charge in [-0.25, -0.2) is 18.0 Å². The molecule has 0 N–H and O–H groups in total. The van der Waals surface area contributed by atoms with Gasteiger partial charge in [-0.05, 0) is 54.1 Å². The van der Waals surface area contributed by atoms with Crippen molar-refractivity contribution in [2.24, 2.45) is 0 Å². The third-order valence-electron chi connectivity index (χ3n) is 4.37. The average Bonchev–Trinajstić information content (AvgIpc) is 2.67. The fourth-order valence-electron chi connectivity index (χ4n) is 2.97. The first kappa shape index (κ1) is 21.2. The third kappa shape index (κ3) is 4.56. The zero-order valence-electron chi connectivity index (χ0n) is 15.5. The lowest BCUT2D eigenvalue weighted by atomic mass is 10.1. The number of carbonyl (C=O) groups excluding carboxylic acids is 1. The standard InChI is InChI=1S/C23H15F5O2/c1-2-3-4-13-9-18(24)21(19(25)10-13)23(29)30-16-7-8-17-14(11-16)5-6-15(22(17)28)12-20(26)27/h2,5-12H,1,3-4H2. The highest BCUT2D eigenvalue weighted by molar-refractivity contribution is 5.93. The van der Waals surface area contributed by atoms with Crippen LogP contribution in [0.15, 0.2) is 61.2 Å². The van der Waals surface area contributed by atoms with Crippen LogP contribution in [0.2, 0.25) is 0 Å². The first-order chi connectivity index (χ1) is 14.3. The van der Waals surface area contributed by atoms with Gasteiger partial charge in [0.05, 0.1) is 0 Å². The normalized spacial score (nSPS) is 10.7. The van der Waals surface area contributed by atoms with Gasteiger partial charge in [0.1, 0.15) is 28.8 Å². The van der Waals surface area contributed by atoms with Crippen LogP contribution < -0.4 is 4.74 Å². The van der Waals surface area contributed by atoms with E-state index in [-0.39, 0.29) is 22.1 Å². The molecule has 0 amide bonds. The molecule has 0 bridgehead atoms. The van der Waals surface area contributed by atoms with Crippen molar-refractivity contribution in [3.8, 4) is 5.75 Å². The molecule has 3 aromatic rings. The van der Waals surface area contributed by atoms with E-state index < -0.39 is 35.1 Å². The summed E-state index contributed by atoms with van der Waals surface area (Å²) in [5, 5.41) is 0.281. The molecule has 0 spiro atoms. The van der Waals surface area contributed by atoms with Gasteiger partial charge >= 0.3 is 5.97 Å². The number of halogens is 5. The Morgan fingerprint density at radius 2 is 1.70 bits per heavy atom. The topological polar surface area (TPSA) is 26.3 Å². The number of esters is 1. The van der Waals surface area contributed by atoms with Crippen molar-refractivity contribution >= 4 is 22.8 Å². The number of ether oxygens (including phenoxy) is 1. The molecule has 0 unspecified atom stereocenters. The molecule has 0 aliphatic carbocycles. The van der Waals surface area contributed by atoms with Crippen LogP contribution in [0.4, 0.5) is 22.0 Å². The quantitative estimate of drug-likeness (QED) is 0.190. The minimum absolute atomic E-state index is 0.0220. The number of allylic oxidation sites excluding steroid dienone is 1. The highest BCUT2D eigenvalue weighted by Gasteiger charge is 2.21. The van der Waals surface area contributed by atoms with Crippen molar-refractivity contribution in [1.29, 1.82) is 0 Å². The predicted octanol–water partition coefficient (Wildman–Crippen LogP) is 6.83. The lowest BCUT2D eigenvalue weighted by Crippen LogP contribution is -2.14. The number of benzene rings is 3. The predicted molar refractivity (Wildman–Crippen MR) is 104 cm³/mol. The lowest BCUT2D eigenvalue weighted by Gasteiger charge is -2.10. The van der Waals surface area contributed by atoms with Gasteiger partial charge in [-0.3, -0.25) is 0 Å². The van der Waals surface area contributed by atoms with E-state index in [1.807, 2.05) is 0 Å². The Kier molecular flexibility index (Phi) is 6.30. The molecule has 0 saturated heterocycles. The molecule has 30 heavy (non-hydrogen) atoms. The molecule has 0 radical (unpaired) electrons. The van der Waals surface area contributed by atoms with E-state index in [0.717, 1.165) is 18.2 Å². The molecule has 0 atom stereocenters. The maximum absolute atomic E-state index is 14.3. The van der Waals surface area contributed by atoms with Gasteiger partial charge in [-0.1, -0.05) is 18.2 Å². The fourth-order valence-corrected chi connectivity index (χ4v) is 2.97. The summed E-state index contributed by atoms with van der Waals surface area (Å²) in [6.45, 7) is 3.54. The summed E-state index contributed by atoms with van der Waals surface area (Å²) in [6, 6.07) is 8.31. The number of rotatable bonds is 6. The van der Waals surface area contributed by atoms with Gasteiger partial charge < -0.3 is 4.74 Å². The largest absolute Gasteiger partial charge is 0.423 e. The molecule has 3 rings (SSSR count). The zero-order valence-corrected chi connectivity index (χ0v) is 15.5. The second-order valence-electron chi connectivity index (χ2n) is 6.44. The summed E-state index contributed by atoms with van der Waals surface area (Å²) >= 11 is 0. The Morgan fingerprint density at radius 1 is 1.00 bits per heavy atom. The Labute approximate surface area is 168 Å². The maximum atomic E-state index is 14.3. The summed E-state index contributed by atoms with van der Waals surface area (Å²) in [5.74, 6) is -4.32. The minimum atomic E-state index is -2.04. The Morgan fingerprint density at radius 3 is 2.33 bits per heavy atom. The van der Waals surface area contributed by atoms with Gasteiger partial charge in [-0.2, -0.15) is 8.78 Å². The van der Waals surface area contributed by atoms with Crippen molar-refractivity contribution < 1.29 is 31.5 Å². The van der Waals surface area contributed by atoms with Crippen LogP contribution in [0.3, 0.4) is 0 Å². The number of hydrogen-bond acceptors (Lipinski definition) is 2. The van der Waals surface area contributed by atoms with Crippen molar-refractivity contribution in [1.82, 2.24) is 0 Å². The van der Waals surface area contributed by atoms with Crippen LogP contribution in [0.25, 0.3) is 16.8 Å². The van der Waals surface area contributed by atoms with Crippen molar-refractivity contribution in [3.05, 3.63) is 95.3 Å². The molecular formula is C23H15F5O2. The van der Waals surface area contributed by atoms with E-state index in [0.29, 0.717) is 24.5 Å². The molecule has 7 heteroatoms. The first-order valence-corrected chi connectivity index (χ1v) is 8.86. The molecular weight excluding hydrogens is 403 g/mol. The van der Waals surface area contributed by atoms with Gasteiger partial charge in [0.15, 0.2) is 0 Å². The van der Waals surface area contributed by atoms with Gasteiger partial charge in [-0.15, -0.1) is 6.58 Å². The van der Waals surface area contributed by atoms with Gasteiger partial charge in [0.25, 0.3) is 6.08 Å². The molecule has 3 aromatic carbocycles. The van der Waals surface area contributed by atoms with Crippen LogP contribution >= 0.6 is 0 Å². The molecule has 0 aliphatic rings. The molecule has 0 aromatic heterocycles. The number of hydrogen-bond donors (Lipinski definition) is 0. The molecule has 0 aliphatic heterocycles. The van der Waals surface area contributed by atoms with Crippen LogP contribution in [-0.2, 0) is 6.42 Å². The van der Waals surface area contributed by atoms with Crippen LogP contribution in [0, 0.1) is 17.5 Å². The second kappa shape index (κ2) is 8.90. The number of aryl methyl sites for hydroxylation is 1. The highest BCUT2D eigenvalue weighted by atomic mass is 19.3. The Bertz CT molecular complexity index is 1140. The minimum Gasteiger partial charge on any atom is -0.423 e. The van der Waals surface area contributed by atoms with E-state index in [2.05, 4.69) is 6.58 Å². The number of fused-ring (bicyclic) bond motifs is 1. The van der Waals surface area contributed by atoms with Gasteiger partial charge in [0.2, 0.25) is 0 Å². The summed E-state index contributed by atoms with van der Waals surface area (Å²) in [5.41, 5.74) is -0.771. The van der Waals surface area contributed by atoms with Crippen LogP contribution in [-0.4, -0.2) is 5.97 Å². The SMILES string of the molecule is C=CCCc1cc(F)c(C(=O)Oc2ccc3c(F)c(C=C(F)F)ccc3c2)c(F)c1.